The zero-order valence-corrected chi connectivity index (χ0v) is 9.09. The molecule has 0 spiro atoms. The van der Waals surface area contributed by atoms with Crippen LogP contribution in [0.4, 0.5) is 0 Å². The van der Waals surface area contributed by atoms with Gasteiger partial charge in [0.15, 0.2) is 0 Å². The number of carboxylic acids is 1. The highest BCUT2D eigenvalue weighted by atomic mass is 16.5. The summed E-state index contributed by atoms with van der Waals surface area (Å²) in [6, 6.07) is 0.188. The van der Waals surface area contributed by atoms with Gasteiger partial charge in [-0.2, -0.15) is 0 Å². The fourth-order valence-corrected chi connectivity index (χ4v) is 1.63. The van der Waals surface area contributed by atoms with Gasteiger partial charge in [-0.1, -0.05) is 0 Å². The maximum Gasteiger partial charge on any atom is 0.329 e. The van der Waals surface area contributed by atoms with Gasteiger partial charge in [0.25, 0.3) is 0 Å². The lowest BCUT2D eigenvalue weighted by atomic mass is 9.91. The van der Waals surface area contributed by atoms with Gasteiger partial charge in [0.1, 0.15) is 13.2 Å². The van der Waals surface area contributed by atoms with Crippen LogP contribution in [0.3, 0.4) is 0 Å². The molecule has 0 aromatic rings. The third-order valence-electron chi connectivity index (χ3n) is 2.63. The minimum absolute atomic E-state index is 0.0822. The fraction of sp³-hybridized carbons (Fsp3) is 0.800. The molecule has 0 aromatic carbocycles. The van der Waals surface area contributed by atoms with Crippen molar-refractivity contribution in [1.29, 1.82) is 0 Å². The van der Waals surface area contributed by atoms with Crippen molar-refractivity contribution in [2.24, 2.45) is 0 Å². The molecule has 1 amide bonds. The zero-order valence-electron chi connectivity index (χ0n) is 9.09. The van der Waals surface area contributed by atoms with Crippen LogP contribution in [0.5, 0.6) is 0 Å². The molecule has 0 heterocycles. The molecule has 0 bridgehead atoms. The van der Waals surface area contributed by atoms with Gasteiger partial charge in [0.2, 0.25) is 5.91 Å². The number of aliphatic hydroxyl groups is 1. The number of aliphatic carboxylic acids is 1. The summed E-state index contributed by atoms with van der Waals surface area (Å²) in [6.07, 6.45) is 2.99. The minimum Gasteiger partial charge on any atom is -0.480 e. The molecule has 0 aliphatic heterocycles. The predicted octanol–water partition coefficient (Wildman–Crippen LogP) is -0.539. The maximum absolute atomic E-state index is 11.6. The largest absolute Gasteiger partial charge is 0.480 e. The van der Waals surface area contributed by atoms with E-state index in [1.54, 1.807) is 4.90 Å². The van der Waals surface area contributed by atoms with Crippen molar-refractivity contribution in [3.63, 3.8) is 0 Å². The quantitative estimate of drug-likeness (QED) is 0.614. The SMILES string of the molecule is O=C(O)COCC(=O)N(CCO)C1CCC1. The van der Waals surface area contributed by atoms with E-state index in [-0.39, 0.29) is 25.2 Å². The predicted molar refractivity (Wildman–Crippen MR) is 54.9 cm³/mol. The Morgan fingerprint density at radius 3 is 2.44 bits per heavy atom. The summed E-state index contributed by atoms with van der Waals surface area (Å²) in [6.45, 7) is -0.493. The van der Waals surface area contributed by atoms with Crippen LogP contribution in [-0.4, -0.2) is 59.4 Å². The molecule has 0 aromatic heterocycles. The van der Waals surface area contributed by atoms with E-state index in [2.05, 4.69) is 0 Å². The molecular weight excluding hydrogens is 214 g/mol. The van der Waals surface area contributed by atoms with E-state index in [9.17, 15) is 9.59 Å². The highest BCUT2D eigenvalue weighted by Gasteiger charge is 2.28. The highest BCUT2D eigenvalue weighted by Crippen LogP contribution is 2.24. The number of nitrogens with zero attached hydrogens (tertiary/aromatic N) is 1. The summed E-state index contributed by atoms with van der Waals surface area (Å²) in [5.74, 6) is -1.34. The molecule has 2 N–H and O–H groups in total. The molecule has 92 valence electrons. The Balaban J connectivity index is 2.31. The maximum atomic E-state index is 11.6. The van der Waals surface area contributed by atoms with Crippen LogP contribution in [0.1, 0.15) is 19.3 Å². The summed E-state index contributed by atoms with van der Waals surface area (Å²) in [4.78, 5) is 23.4. The number of carbonyl (C=O) groups is 2. The molecule has 0 unspecified atom stereocenters. The lowest BCUT2D eigenvalue weighted by Crippen LogP contribution is -2.47. The molecule has 0 atom stereocenters. The lowest BCUT2D eigenvalue weighted by Gasteiger charge is -2.37. The first-order chi connectivity index (χ1) is 7.65. The van der Waals surface area contributed by atoms with E-state index >= 15 is 0 Å². The van der Waals surface area contributed by atoms with Crippen molar-refractivity contribution in [2.75, 3.05) is 26.4 Å². The first-order valence-corrected chi connectivity index (χ1v) is 5.35. The second-order valence-corrected chi connectivity index (χ2v) is 3.78. The van der Waals surface area contributed by atoms with E-state index in [1.165, 1.54) is 0 Å². The third-order valence-corrected chi connectivity index (χ3v) is 2.63. The average molecular weight is 231 g/mol. The number of amides is 1. The van der Waals surface area contributed by atoms with Crippen molar-refractivity contribution < 1.29 is 24.5 Å². The van der Waals surface area contributed by atoms with Gasteiger partial charge in [0.05, 0.1) is 6.61 Å². The molecular formula is C10H17NO5. The van der Waals surface area contributed by atoms with Gasteiger partial charge in [-0.25, -0.2) is 4.79 Å². The van der Waals surface area contributed by atoms with E-state index < -0.39 is 12.6 Å². The Morgan fingerprint density at radius 1 is 1.31 bits per heavy atom. The van der Waals surface area contributed by atoms with Gasteiger partial charge in [-0.15, -0.1) is 0 Å². The highest BCUT2D eigenvalue weighted by molar-refractivity contribution is 5.78. The molecule has 6 heteroatoms. The number of carboxylic acid groups (broad SMARTS) is 1. The number of rotatable bonds is 7. The Labute approximate surface area is 93.8 Å². The molecule has 0 saturated heterocycles. The Bertz CT molecular complexity index is 252. The Morgan fingerprint density at radius 2 is 2.00 bits per heavy atom. The van der Waals surface area contributed by atoms with Crippen LogP contribution in [-0.2, 0) is 14.3 Å². The van der Waals surface area contributed by atoms with Crippen molar-refractivity contribution in [1.82, 2.24) is 4.90 Å². The molecule has 1 aliphatic carbocycles. The van der Waals surface area contributed by atoms with Crippen molar-refractivity contribution >= 4 is 11.9 Å². The van der Waals surface area contributed by atoms with Gasteiger partial charge in [-0.3, -0.25) is 4.79 Å². The van der Waals surface area contributed by atoms with Crippen LogP contribution >= 0.6 is 0 Å². The fourth-order valence-electron chi connectivity index (χ4n) is 1.63. The minimum atomic E-state index is -1.09. The van der Waals surface area contributed by atoms with Crippen molar-refractivity contribution in [3.05, 3.63) is 0 Å². The van der Waals surface area contributed by atoms with Crippen LogP contribution < -0.4 is 0 Å². The molecule has 1 aliphatic rings. The van der Waals surface area contributed by atoms with Gasteiger partial charge in [-0.05, 0) is 19.3 Å². The van der Waals surface area contributed by atoms with Crippen LogP contribution in [0.25, 0.3) is 0 Å². The van der Waals surface area contributed by atoms with E-state index in [4.69, 9.17) is 14.9 Å². The first-order valence-electron chi connectivity index (χ1n) is 5.35. The summed E-state index contributed by atoms with van der Waals surface area (Å²) < 4.78 is 4.73. The van der Waals surface area contributed by atoms with Crippen molar-refractivity contribution in [2.45, 2.75) is 25.3 Å². The Hall–Kier alpha value is -1.14. The molecule has 0 radical (unpaired) electrons. The number of hydrogen-bond acceptors (Lipinski definition) is 4. The summed E-state index contributed by atoms with van der Waals surface area (Å²) in [5.41, 5.74) is 0. The van der Waals surface area contributed by atoms with Gasteiger partial charge >= 0.3 is 5.97 Å². The molecule has 16 heavy (non-hydrogen) atoms. The summed E-state index contributed by atoms with van der Waals surface area (Å²) in [5, 5.41) is 17.2. The number of ether oxygens (including phenoxy) is 1. The number of hydrogen-bond donors (Lipinski definition) is 2. The number of aliphatic hydroxyl groups excluding tert-OH is 1. The standard InChI is InChI=1S/C10H17NO5/c12-5-4-11(8-2-1-3-8)9(13)6-16-7-10(14)15/h8,12H,1-7H2,(H,14,15). The van der Waals surface area contributed by atoms with Crippen LogP contribution in [0.2, 0.25) is 0 Å². The van der Waals surface area contributed by atoms with E-state index in [1.807, 2.05) is 0 Å². The van der Waals surface area contributed by atoms with Crippen LogP contribution in [0, 0.1) is 0 Å². The second-order valence-electron chi connectivity index (χ2n) is 3.78. The molecule has 6 nitrogen and oxygen atoms in total. The van der Waals surface area contributed by atoms with Crippen molar-refractivity contribution in [3.8, 4) is 0 Å². The Kier molecular flexibility index (Phi) is 5.21. The smallest absolute Gasteiger partial charge is 0.329 e. The molecule has 1 fully saturated rings. The summed E-state index contributed by atoms with van der Waals surface area (Å²) >= 11 is 0. The molecule has 1 saturated carbocycles. The van der Waals surface area contributed by atoms with Crippen LogP contribution in [0.15, 0.2) is 0 Å². The third kappa shape index (κ3) is 3.79. The molecule has 1 rings (SSSR count). The topological polar surface area (TPSA) is 87.1 Å². The number of carbonyl (C=O) groups excluding carboxylic acids is 1. The zero-order chi connectivity index (χ0) is 12.0. The van der Waals surface area contributed by atoms with E-state index in [0.717, 1.165) is 19.3 Å². The lowest BCUT2D eigenvalue weighted by molar-refractivity contribution is -0.147. The van der Waals surface area contributed by atoms with Gasteiger partial charge in [0, 0.05) is 12.6 Å². The second kappa shape index (κ2) is 6.44. The first kappa shape index (κ1) is 12.9. The van der Waals surface area contributed by atoms with E-state index in [0.29, 0.717) is 6.54 Å². The van der Waals surface area contributed by atoms with Gasteiger partial charge < -0.3 is 19.8 Å². The average Bonchev–Trinajstić information content (AvgIpc) is 2.13. The monoisotopic (exact) mass is 231 g/mol. The summed E-state index contributed by atoms with van der Waals surface area (Å²) in [7, 11) is 0. The normalized spacial score (nSPS) is 15.6.